The normalized spacial score (nSPS) is 12.4. The number of ether oxygens (including phenoxy) is 2. The molecule has 2 N–H and O–H groups in total. The van der Waals surface area contributed by atoms with Crippen LogP contribution in [-0.2, 0) is 19.1 Å². The van der Waals surface area contributed by atoms with Crippen molar-refractivity contribution in [3.63, 3.8) is 0 Å². The number of hydrogen-bond donors (Lipinski definition) is 2. The van der Waals surface area contributed by atoms with Crippen molar-refractivity contribution in [2.75, 3.05) is 19.0 Å². The Morgan fingerprint density at radius 2 is 1.80 bits per heavy atom. The summed E-state index contributed by atoms with van der Waals surface area (Å²) in [6.45, 7) is 3.15. The highest BCUT2D eigenvalue weighted by Gasteiger charge is 2.27. The van der Waals surface area contributed by atoms with Crippen LogP contribution in [0, 0.1) is 5.92 Å². The highest BCUT2D eigenvalue weighted by Crippen LogP contribution is 2.13. The second kappa shape index (κ2) is 10.8. The molecule has 9 nitrogen and oxygen atoms in total. The van der Waals surface area contributed by atoms with Crippen molar-refractivity contribution in [1.29, 1.82) is 0 Å². The van der Waals surface area contributed by atoms with Crippen molar-refractivity contribution in [3.8, 4) is 0 Å². The Labute approximate surface area is 173 Å². The lowest BCUT2D eigenvalue weighted by Gasteiger charge is -2.21. The zero-order valence-electron chi connectivity index (χ0n) is 17.0. The molecule has 160 valence electrons. The van der Waals surface area contributed by atoms with Crippen molar-refractivity contribution < 1.29 is 33.1 Å². The van der Waals surface area contributed by atoms with E-state index >= 15 is 0 Å². The first kappa shape index (κ1) is 22.7. The number of methoxy groups -OCH3 is 1. The van der Waals surface area contributed by atoms with E-state index in [4.69, 9.17) is 13.9 Å². The summed E-state index contributed by atoms with van der Waals surface area (Å²) in [6, 6.07) is 8.26. The van der Waals surface area contributed by atoms with E-state index in [1.807, 2.05) is 6.92 Å². The van der Waals surface area contributed by atoms with E-state index in [2.05, 4.69) is 10.6 Å². The molecular formula is C21H24N2O7. The van der Waals surface area contributed by atoms with Gasteiger partial charge in [0.05, 0.1) is 18.9 Å². The molecule has 0 fully saturated rings. The van der Waals surface area contributed by atoms with Crippen molar-refractivity contribution in [1.82, 2.24) is 5.32 Å². The lowest BCUT2D eigenvalue weighted by atomic mass is 9.99. The number of amides is 2. The summed E-state index contributed by atoms with van der Waals surface area (Å²) in [5.74, 6) is -2.29. The van der Waals surface area contributed by atoms with E-state index in [1.54, 1.807) is 13.0 Å². The van der Waals surface area contributed by atoms with Crippen LogP contribution in [-0.4, -0.2) is 43.5 Å². The van der Waals surface area contributed by atoms with Crippen LogP contribution >= 0.6 is 0 Å². The summed E-state index contributed by atoms with van der Waals surface area (Å²) in [7, 11) is 1.24. The fraction of sp³-hybridized carbons (Fsp3) is 0.333. The van der Waals surface area contributed by atoms with Crippen molar-refractivity contribution >= 4 is 29.4 Å². The molecule has 0 radical (unpaired) electrons. The van der Waals surface area contributed by atoms with Gasteiger partial charge in [0.1, 0.15) is 6.04 Å². The highest BCUT2D eigenvalue weighted by atomic mass is 16.5. The molecule has 1 aromatic carbocycles. The van der Waals surface area contributed by atoms with Gasteiger partial charge in [0, 0.05) is 5.69 Å². The molecule has 0 aliphatic heterocycles. The minimum absolute atomic E-state index is 0.138. The maximum Gasteiger partial charge on any atom is 0.338 e. The van der Waals surface area contributed by atoms with E-state index in [-0.39, 0.29) is 17.2 Å². The molecule has 0 aliphatic rings. The average Bonchev–Trinajstić information content (AvgIpc) is 3.30. The van der Waals surface area contributed by atoms with Gasteiger partial charge in [0.2, 0.25) is 0 Å². The summed E-state index contributed by atoms with van der Waals surface area (Å²) >= 11 is 0. The van der Waals surface area contributed by atoms with Crippen LogP contribution < -0.4 is 10.6 Å². The number of anilines is 1. The number of carbonyl (C=O) groups is 4. The second-order valence-corrected chi connectivity index (χ2v) is 6.54. The average molecular weight is 416 g/mol. The number of esters is 2. The van der Waals surface area contributed by atoms with Crippen molar-refractivity contribution in [3.05, 3.63) is 54.0 Å². The lowest BCUT2D eigenvalue weighted by molar-refractivity contribution is -0.147. The molecule has 1 aromatic heterocycles. The SMILES string of the molecule is CC[C@H](C)[C@H](NC(=O)COC(=O)c1ccc(NC(=O)c2ccco2)cc1)C(=O)OC. The van der Waals surface area contributed by atoms with Crippen molar-refractivity contribution in [2.45, 2.75) is 26.3 Å². The van der Waals surface area contributed by atoms with E-state index in [0.29, 0.717) is 12.1 Å². The molecule has 9 heteroatoms. The Bertz CT molecular complexity index is 875. The number of nitrogens with one attached hydrogen (secondary N) is 2. The van der Waals surface area contributed by atoms with Crippen LogP contribution in [0.5, 0.6) is 0 Å². The van der Waals surface area contributed by atoms with E-state index < -0.39 is 36.4 Å². The molecule has 0 saturated heterocycles. The molecule has 2 aromatic rings. The van der Waals surface area contributed by atoms with Gasteiger partial charge in [-0.3, -0.25) is 9.59 Å². The van der Waals surface area contributed by atoms with E-state index in [1.165, 1.54) is 43.7 Å². The van der Waals surface area contributed by atoms with Gasteiger partial charge in [-0.05, 0) is 42.3 Å². The molecule has 30 heavy (non-hydrogen) atoms. The fourth-order valence-corrected chi connectivity index (χ4v) is 2.52. The number of benzene rings is 1. The van der Waals surface area contributed by atoms with Crippen LogP contribution in [0.4, 0.5) is 5.69 Å². The van der Waals surface area contributed by atoms with Crippen LogP contribution in [0.25, 0.3) is 0 Å². The Hall–Kier alpha value is -3.62. The molecule has 2 amide bonds. The number of carbonyl (C=O) groups excluding carboxylic acids is 4. The molecule has 2 rings (SSSR count). The van der Waals surface area contributed by atoms with Gasteiger partial charge in [-0.2, -0.15) is 0 Å². The Morgan fingerprint density at radius 1 is 1.10 bits per heavy atom. The summed E-state index contributed by atoms with van der Waals surface area (Å²) in [6.07, 6.45) is 2.04. The number of hydrogen-bond acceptors (Lipinski definition) is 7. The quantitative estimate of drug-likeness (QED) is 0.602. The summed E-state index contributed by atoms with van der Waals surface area (Å²) in [4.78, 5) is 47.9. The molecule has 0 aliphatic carbocycles. The van der Waals surface area contributed by atoms with Gasteiger partial charge in [-0.1, -0.05) is 20.3 Å². The monoisotopic (exact) mass is 416 g/mol. The first-order valence-corrected chi connectivity index (χ1v) is 9.35. The van der Waals surface area contributed by atoms with Crippen LogP contribution in [0.1, 0.15) is 41.2 Å². The lowest BCUT2D eigenvalue weighted by Crippen LogP contribution is -2.47. The predicted octanol–water partition coefficient (Wildman–Crippen LogP) is 2.39. The topological polar surface area (TPSA) is 124 Å². The van der Waals surface area contributed by atoms with Crippen LogP contribution in [0.3, 0.4) is 0 Å². The minimum atomic E-state index is -0.816. The first-order valence-electron chi connectivity index (χ1n) is 9.35. The third-order valence-corrected chi connectivity index (χ3v) is 4.44. The molecule has 0 spiro atoms. The van der Waals surface area contributed by atoms with Crippen molar-refractivity contribution in [2.24, 2.45) is 5.92 Å². The zero-order valence-corrected chi connectivity index (χ0v) is 17.0. The second-order valence-electron chi connectivity index (χ2n) is 6.54. The summed E-state index contributed by atoms with van der Waals surface area (Å²) < 4.78 is 14.7. The Balaban J connectivity index is 1.87. The predicted molar refractivity (Wildman–Crippen MR) is 107 cm³/mol. The van der Waals surface area contributed by atoms with Gasteiger partial charge >= 0.3 is 11.9 Å². The summed E-state index contributed by atoms with van der Waals surface area (Å²) in [5, 5.41) is 5.14. The first-order chi connectivity index (χ1) is 14.3. The van der Waals surface area contributed by atoms with Gasteiger partial charge < -0.3 is 24.5 Å². The number of rotatable bonds is 9. The standard InChI is InChI=1S/C21H24N2O7/c1-4-13(2)18(21(27)28-3)23-17(24)12-30-20(26)14-7-9-15(10-8-14)22-19(25)16-6-5-11-29-16/h5-11,13,18H,4,12H2,1-3H3,(H,22,25)(H,23,24)/t13-,18-/m0/s1. The highest BCUT2D eigenvalue weighted by molar-refractivity contribution is 6.02. The maximum atomic E-state index is 12.1. The summed E-state index contributed by atoms with van der Waals surface area (Å²) in [5.41, 5.74) is 0.658. The minimum Gasteiger partial charge on any atom is -0.467 e. The molecule has 0 unspecified atom stereocenters. The fourth-order valence-electron chi connectivity index (χ4n) is 2.52. The molecule has 0 bridgehead atoms. The van der Waals surface area contributed by atoms with E-state index in [9.17, 15) is 19.2 Å². The molecular weight excluding hydrogens is 392 g/mol. The van der Waals surface area contributed by atoms with Crippen LogP contribution in [0.2, 0.25) is 0 Å². The van der Waals surface area contributed by atoms with Gasteiger partial charge in [-0.15, -0.1) is 0 Å². The Morgan fingerprint density at radius 3 is 2.37 bits per heavy atom. The Kier molecular flexibility index (Phi) is 8.16. The maximum absolute atomic E-state index is 12.1. The van der Waals surface area contributed by atoms with Crippen LogP contribution in [0.15, 0.2) is 47.1 Å². The van der Waals surface area contributed by atoms with Gasteiger partial charge in [-0.25, -0.2) is 9.59 Å². The van der Waals surface area contributed by atoms with Gasteiger partial charge in [0.25, 0.3) is 11.8 Å². The van der Waals surface area contributed by atoms with E-state index in [0.717, 1.165) is 0 Å². The number of furan rings is 1. The third kappa shape index (κ3) is 6.20. The largest absolute Gasteiger partial charge is 0.467 e. The third-order valence-electron chi connectivity index (χ3n) is 4.44. The zero-order chi connectivity index (χ0) is 22.1. The van der Waals surface area contributed by atoms with Gasteiger partial charge in [0.15, 0.2) is 12.4 Å². The smallest absolute Gasteiger partial charge is 0.338 e. The molecule has 2 atom stereocenters. The molecule has 0 saturated carbocycles. The molecule has 1 heterocycles.